The Labute approximate surface area is 112 Å². The number of nitrogens with one attached hydrogen (secondary N) is 1. The van der Waals surface area contributed by atoms with Crippen LogP contribution >= 0.6 is 0 Å². The number of pyridine rings is 1. The predicted molar refractivity (Wildman–Crippen MR) is 71.5 cm³/mol. The molecule has 100 valence electrons. The van der Waals surface area contributed by atoms with Crippen LogP contribution in [0.2, 0.25) is 0 Å². The lowest BCUT2D eigenvalue weighted by Gasteiger charge is -2.09. The summed E-state index contributed by atoms with van der Waals surface area (Å²) in [5, 5.41) is 7.53. The van der Waals surface area contributed by atoms with Crippen LogP contribution in [0, 0.1) is 6.92 Å². The van der Waals surface area contributed by atoms with Crippen molar-refractivity contribution >= 4 is 0 Å². The molecule has 3 heterocycles. The van der Waals surface area contributed by atoms with Gasteiger partial charge in [-0.3, -0.25) is 4.98 Å². The summed E-state index contributed by atoms with van der Waals surface area (Å²) in [4.78, 5) is 8.82. The zero-order valence-electron chi connectivity index (χ0n) is 11.1. The second-order valence-corrected chi connectivity index (χ2v) is 4.98. The van der Waals surface area contributed by atoms with Crippen molar-refractivity contribution in [2.45, 2.75) is 38.6 Å². The molecule has 5 heteroatoms. The van der Waals surface area contributed by atoms with E-state index in [0.29, 0.717) is 11.7 Å². The van der Waals surface area contributed by atoms with Crippen molar-refractivity contribution in [2.75, 3.05) is 6.54 Å². The molecule has 3 rings (SSSR count). The largest absolute Gasteiger partial charge is 0.337 e. The van der Waals surface area contributed by atoms with E-state index in [2.05, 4.69) is 20.4 Å². The maximum Gasteiger partial charge on any atom is 0.244 e. The van der Waals surface area contributed by atoms with Crippen LogP contribution in [-0.2, 0) is 0 Å². The fourth-order valence-corrected chi connectivity index (χ4v) is 2.43. The minimum Gasteiger partial charge on any atom is -0.337 e. The Bertz CT molecular complexity index is 544. The van der Waals surface area contributed by atoms with Crippen LogP contribution in [0.25, 0.3) is 11.5 Å². The van der Waals surface area contributed by atoms with Gasteiger partial charge in [-0.25, -0.2) is 0 Å². The van der Waals surface area contributed by atoms with Crippen LogP contribution in [-0.4, -0.2) is 21.7 Å². The van der Waals surface area contributed by atoms with E-state index in [-0.39, 0.29) is 6.04 Å². The summed E-state index contributed by atoms with van der Waals surface area (Å²) in [5.74, 6) is 1.26. The highest BCUT2D eigenvalue weighted by Crippen LogP contribution is 2.24. The van der Waals surface area contributed by atoms with Gasteiger partial charge in [-0.1, -0.05) is 24.1 Å². The van der Waals surface area contributed by atoms with Crippen molar-refractivity contribution in [2.24, 2.45) is 0 Å². The average molecular weight is 258 g/mol. The zero-order valence-corrected chi connectivity index (χ0v) is 11.1. The molecule has 1 fully saturated rings. The second-order valence-electron chi connectivity index (χ2n) is 4.98. The highest BCUT2D eigenvalue weighted by molar-refractivity contribution is 5.53. The summed E-state index contributed by atoms with van der Waals surface area (Å²) in [6, 6.07) is 4.10. The molecule has 0 bridgehead atoms. The van der Waals surface area contributed by atoms with Crippen molar-refractivity contribution in [1.29, 1.82) is 0 Å². The first-order valence-corrected chi connectivity index (χ1v) is 6.83. The quantitative estimate of drug-likeness (QED) is 0.897. The molecule has 1 atom stereocenters. The lowest BCUT2D eigenvalue weighted by Crippen LogP contribution is -2.20. The minimum atomic E-state index is 0.188. The van der Waals surface area contributed by atoms with E-state index in [1.54, 1.807) is 6.20 Å². The lowest BCUT2D eigenvalue weighted by molar-refractivity contribution is 0.327. The van der Waals surface area contributed by atoms with Crippen LogP contribution in [0.15, 0.2) is 22.9 Å². The van der Waals surface area contributed by atoms with Crippen molar-refractivity contribution in [3.63, 3.8) is 0 Å². The molecule has 2 aromatic heterocycles. The minimum absolute atomic E-state index is 0.188. The first kappa shape index (κ1) is 12.3. The molecule has 1 N–H and O–H groups in total. The van der Waals surface area contributed by atoms with Gasteiger partial charge in [0.15, 0.2) is 0 Å². The van der Waals surface area contributed by atoms with Gasteiger partial charge in [-0.05, 0) is 37.9 Å². The van der Waals surface area contributed by atoms with E-state index < -0.39 is 0 Å². The predicted octanol–water partition coefficient (Wildman–Crippen LogP) is 2.64. The van der Waals surface area contributed by atoms with Crippen LogP contribution in [0.1, 0.15) is 43.2 Å². The monoisotopic (exact) mass is 258 g/mol. The number of hydrogen-bond acceptors (Lipinski definition) is 5. The molecular formula is C14H18N4O. The Morgan fingerprint density at radius 1 is 1.32 bits per heavy atom. The molecular weight excluding hydrogens is 240 g/mol. The van der Waals surface area contributed by atoms with E-state index in [0.717, 1.165) is 24.2 Å². The number of rotatable bonds is 2. The van der Waals surface area contributed by atoms with Crippen molar-refractivity contribution in [3.8, 4) is 11.5 Å². The van der Waals surface area contributed by atoms with Gasteiger partial charge in [0.1, 0.15) is 5.69 Å². The van der Waals surface area contributed by atoms with E-state index in [1.165, 1.54) is 19.3 Å². The molecule has 0 radical (unpaired) electrons. The van der Waals surface area contributed by atoms with Crippen LogP contribution < -0.4 is 5.32 Å². The Kier molecular flexibility index (Phi) is 3.55. The van der Waals surface area contributed by atoms with E-state index >= 15 is 0 Å². The second kappa shape index (κ2) is 5.48. The SMILES string of the molecule is Cc1cccnc1-c1noc(C2CCCCCN2)n1. The summed E-state index contributed by atoms with van der Waals surface area (Å²) >= 11 is 0. The Morgan fingerprint density at radius 3 is 3.16 bits per heavy atom. The Balaban J connectivity index is 1.85. The lowest BCUT2D eigenvalue weighted by atomic mass is 10.1. The number of hydrogen-bond donors (Lipinski definition) is 1. The van der Waals surface area contributed by atoms with Gasteiger partial charge in [-0.15, -0.1) is 0 Å². The third-order valence-corrected chi connectivity index (χ3v) is 3.52. The van der Waals surface area contributed by atoms with Gasteiger partial charge in [0.25, 0.3) is 0 Å². The normalized spacial score (nSPS) is 20.2. The molecule has 0 saturated carbocycles. The third kappa shape index (κ3) is 2.66. The Morgan fingerprint density at radius 2 is 2.26 bits per heavy atom. The summed E-state index contributed by atoms with van der Waals surface area (Å²) in [6.07, 6.45) is 6.50. The Hall–Kier alpha value is -1.75. The molecule has 2 aromatic rings. The number of nitrogens with zero attached hydrogens (tertiary/aromatic N) is 3. The van der Waals surface area contributed by atoms with Crippen LogP contribution in [0.4, 0.5) is 0 Å². The number of aromatic nitrogens is 3. The molecule has 0 spiro atoms. The molecule has 1 saturated heterocycles. The highest BCUT2D eigenvalue weighted by atomic mass is 16.5. The molecule has 19 heavy (non-hydrogen) atoms. The first-order valence-electron chi connectivity index (χ1n) is 6.83. The standard InChI is InChI=1S/C14H18N4O/c1-10-6-5-9-16-12(10)13-17-14(19-18-13)11-7-3-2-4-8-15-11/h5-6,9,11,15H,2-4,7-8H2,1H3. The average Bonchev–Trinajstić information content (AvgIpc) is 2.75. The summed E-state index contributed by atoms with van der Waals surface area (Å²) in [6.45, 7) is 3.02. The molecule has 0 aliphatic carbocycles. The molecule has 0 aromatic carbocycles. The van der Waals surface area contributed by atoms with Crippen LogP contribution in [0.3, 0.4) is 0 Å². The van der Waals surface area contributed by atoms with Gasteiger partial charge < -0.3 is 9.84 Å². The molecule has 0 amide bonds. The molecule has 1 unspecified atom stereocenters. The van der Waals surface area contributed by atoms with Gasteiger partial charge in [0, 0.05) is 6.20 Å². The summed E-state index contributed by atoms with van der Waals surface area (Å²) in [5.41, 5.74) is 1.86. The van der Waals surface area contributed by atoms with Crippen LogP contribution in [0.5, 0.6) is 0 Å². The topological polar surface area (TPSA) is 63.8 Å². The van der Waals surface area contributed by atoms with E-state index in [9.17, 15) is 0 Å². The van der Waals surface area contributed by atoms with E-state index in [1.807, 2.05) is 19.1 Å². The van der Waals surface area contributed by atoms with Crippen molar-refractivity contribution < 1.29 is 4.52 Å². The fourth-order valence-electron chi connectivity index (χ4n) is 2.43. The van der Waals surface area contributed by atoms with Gasteiger partial charge in [0.05, 0.1) is 6.04 Å². The maximum atomic E-state index is 5.41. The smallest absolute Gasteiger partial charge is 0.244 e. The third-order valence-electron chi connectivity index (χ3n) is 3.52. The maximum absolute atomic E-state index is 5.41. The van der Waals surface area contributed by atoms with Crippen molar-refractivity contribution in [1.82, 2.24) is 20.4 Å². The zero-order chi connectivity index (χ0) is 13.1. The van der Waals surface area contributed by atoms with Gasteiger partial charge in [-0.2, -0.15) is 4.98 Å². The van der Waals surface area contributed by atoms with Gasteiger partial charge in [0.2, 0.25) is 11.7 Å². The highest BCUT2D eigenvalue weighted by Gasteiger charge is 2.21. The van der Waals surface area contributed by atoms with E-state index in [4.69, 9.17) is 4.52 Å². The van der Waals surface area contributed by atoms with Gasteiger partial charge >= 0.3 is 0 Å². The first-order chi connectivity index (χ1) is 9.34. The summed E-state index contributed by atoms with van der Waals surface area (Å²) in [7, 11) is 0. The molecule has 1 aliphatic rings. The fraction of sp³-hybridized carbons (Fsp3) is 0.500. The molecule has 5 nitrogen and oxygen atoms in total. The molecule has 1 aliphatic heterocycles. The van der Waals surface area contributed by atoms with Crippen molar-refractivity contribution in [3.05, 3.63) is 29.8 Å². The number of aryl methyl sites for hydroxylation is 1. The summed E-state index contributed by atoms with van der Waals surface area (Å²) < 4.78 is 5.41.